The molecule has 0 spiro atoms. The average molecular weight is 459 g/mol. The molecule has 2 aliphatic rings. The Labute approximate surface area is 199 Å². The molecule has 2 amide bonds. The lowest BCUT2D eigenvalue weighted by atomic mass is 9.73. The van der Waals surface area contributed by atoms with E-state index in [4.69, 9.17) is 4.98 Å². The van der Waals surface area contributed by atoms with Gasteiger partial charge in [-0.15, -0.1) is 5.10 Å². The van der Waals surface area contributed by atoms with Crippen molar-refractivity contribution in [2.75, 3.05) is 6.54 Å². The lowest BCUT2D eigenvalue weighted by molar-refractivity contribution is -0.139. The molecule has 1 saturated carbocycles. The predicted octanol–water partition coefficient (Wildman–Crippen LogP) is 3.01. The molecule has 1 aliphatic carbocycles. The van der Waals surface area contributed by atoms with Crippen molar-refractivity contribution < 1.29 is 9.59 Å². The maximum Gasteiger partial charge on any atom is 0.243 e. The van der Waals surface area contributed by atoms with Crippen molar-refractivity contribution in [1.29, 1.82) is 0 Å². The summed E-state index contributed by atoms with van der Waals surface area (Å²) in [6, 6.07) is 13.1. The number of likely N-dealkylation sites (tertiary alicyclic amines) is 1. The molecule has 1 aliphatic heterocycles. The minimum atomic E-state index is -0.469. The van der Waals surface area contributed by atoms with Gasteiger partial charge in [-0.05, 0) is 47.8 Å². The molecule has 2 N–H and O–H groups in total. The first kappa shape index (κ1) is 22.3. The summed E-state index contributed by atoms with van der Waals surface area (Å²) in [6.45, 7) is 4.89. The van der Waals surface area contributed by atoms with Crippen LogP contribution in [0.25, 0.3) is 0 Å². The molecule has 2 fully saturated rings. The van der Waals surface area contributed by atoms with Gasteiger partial charge in [-0.3, -0.25) is 19.7 Å². The summed E-state index contributed by atoms with van der Waals surface area (Å²) in [7, 11) is 0. The number of carbonyl (C=O) groups excluding carboxylic acids is 2. The topological polar surface area (TPSA) is 104 Å². The van der Waals surface area contributed by atoms with Crippen molar-refractivity contribution >= 4 is 11.8 Å². The van der Waals surface area contributed by atoms with Gasteiger partial charge in [0, 0.05) is 12.7 Å². The summed E-state index contributed by atoms with van der Waals surface area (Å²) in [5.41, 5.74) is 3.55. The number of rotatable bonds is 7. The zero-order valence-corrected chi connectivity index (χ0v) is 19.5. The number of nitrogens with one attached hydrogen (secondary N) is 2. The largest absolute Gasteiger partial charge is 0.342 e. The van der Waals surface area contributed by atoms with Gasteiger partial charge in [0.1, 0.15) is 6.04 Å². The monoisotopic (exact) mass is 458 g/mol. The van der Waals surface area contributed by atoms with E-state index in [-0.39, 0.29) is 30.2 Å². The summed E-state index contributed by atoms with van der Waals surface area (Å²) >= 11 is 0. The number of nitrogens with zero attached hydrogens (tertiary/aromatic N) is 4. The number of pyridine rings is 1. The van der Waals surface area contributed by atoms with Crippen LogP contribution in [0.15, 0.2) is 54.9 Å². The summed E-state index contributed by atoms with van der Waals surface area (Å²) in [4.78, 5) is 33.3. The minimum Gasteiger partial charge on any atom is -0.342 e. The summed E-state index contributed by atoms with van der Waals surface area (Å²) in [6.07, 6.45) is 5.62. The Bertz CT molecular complexity index is 1130. The van der Waals surface area contributed by atoms with Crippen LogP contribution in [0.1, 0.15) is 61.2 Å². The van der Waals surface area contributed by atoms with E-state index in [1.165, 1.54) is 0 Å². The second kappa shape index (κ2) is 9.37. The van der Waals surface area contributed by atoms with Crippen LogP contribution < -0.4 is 5.32 Å². The SMILES string of the molecule is CC(C)c1ccc([C@@H](NC(=O)[C@@H]2[C@H]3CC[C@H]3CN2C(=O)Cc2cnn[nH]2)c2ccccc2)nc1. The quantitative estimate of drug-likeness (QED) is 0.566. The second-order valence-electron chi connectivity index (χ2n) is 9.67. The van der Waals surface area contributed by atoms with Crippen molar-refractivity contribution in [3.05, 3.63) is 77.4 Å². The first-order valence-electron chi connectivity index (χ1n) is 12.0. The van der Waals surface area contributed by atoms with Crippen LogP contribution in [-0.2, 0) is 16.0 Å². The van der Waals surface area contributed by atoms with Gasteiger partial charge in [-0.25, -0.2) is 0 Å². The Hall–Kier alpha value is -3.55. The Morgan fingerprint density at radius 1 is 1.09 bits per heavy atom. The van der Waals surface area contributed by atoms with E-state index in [9.17, 15) is 9.59 Å². The number of aromatic nitrogens is 4. The standard InChI is InChI=1S/C26H30N6O2/c1-16(2)18-9-11-22(27-13-18)24(17-6-4-3-5-7-17)29-26(34)25-21-10-8-19(21)15-32(25)23(33)12-20-14-28-31-30-20/h3-7,9,11,13-14,16,19,21,24-25H,8,10,12,15H2,1-2H3,(H,29,34)(H,28,30,31)/t19-,21-,24-,25-/m0/s1. The molecule has 0 bridgehead atoms. The molecule has 34 heavy (non-hydrogen) atoms. The molecule has 3 aromatic rings. The Morgan fingerprint density at radius 2 is 1.91 bits per heavy atom. The summed E-state index contributed by atoms with van der Waals surface area (Å²) < 4.78 is 0. The van der Waals surface area contributed by atoms with Gasteiger partial charge >= 0.3 is 0 Å². The molecular formula is C26H30N6O2. The van der Waals surface area contributed by atoms with Crippen LogP contribution in [0, 0.1) is 11.8 Å². The lowest BCUT2D eigenvalue weighted by Crippen LogP contribution is -2.50. The first-order chi connectivity index (χ1) is 16.5. The zero-order valence-electron chi connectivity index (χ0n) is 19.5. The van der Waals surface area contributed by atoms with E-state index in [1.54, 1.807) is 11.1 Å². The fourth-order valence-electron chi connectivity index (χ4n) is 5.13. The third-order valence-corrected chi connectivity index (χ3v) is 7.24. The average Bonchev–Trinajstić information content (AvgIpc) is 3.43. The van der Waals surface area contributed by atoms with Crippen LogP contribution >= 0.6 is 0 Å². The fourth-order valence-corrected chi connectivity index (χ4v) is 5.13. The number of benzene rings is 1. The minimum absolute atomic E-state index is 0.0729. The third kappa shape index (κ3) is 4.32. The van der Waals surface area contributed by atoms with E-state index in [2.05, 4.69) is 40.6 Å². The van der Waals surface area contributed by atoms with Crippen molar-refractivity contribution in [3.8, 4) is 0 Å². The third-order valence-electron chi connectivity index (χ3n) is 7.24. The Morgan fingerprint density at radius 3 is 2.53 bits per heavy atom. The molecule has 5 rings (SSSR count). The van der Waals surface area contributed by atoms with Gasteiger partial charge in [0.05, 0.1) is 30.0 Å². The molecule has 1 aromatic carbocycles. The van der Waals surface area contributed by atoms with Gasteiger partial charge < -0.3 is 10.2 Å². The fraction of sp³-hybridized carbons (Fsp3) is 0.423. The van der Waals surface area contributed by atoms with Crippen molar-refractivity contribution in [2.24, 2.45) is 11.8 Å². The highest BCUT2D eigenvalue weighted by Gasteiger charge is 2.52. The predicted molar refractivity (Wildman–Crippen MR) is 127 cm³/mol. The number of hydrogen-bond acceptors (Lipinski definition) is 5. The van der Waals surface area contributed by atoms with E-state index in [1.807, 2.05) is 42.6 Å². The van der Waals surface area contributed by atoms with Gasteiger partial charge in [0.2, 0.25) is 11.8 Å². The molecular weight excluding hydrogens is 428 g/mol. The smallest absolute Gasteiger partial charge is 0.243 e. The number of H-pyrrole nitrogens is 1. The molecule has 8 nitrogen and oxygen atoms in total. The van der Waals surface area contributed by atoms with Crippen molar-refractivity contribution in [3.63, 3.8) is 0 Å². The maximum atomic E-state index is 13.7. The van der Waals surface area contributed by atoms with E-state index < -0.39 is 6.04 Å². The van der Waals surface area contributed by atoms with Gasteiger partial charge in [0.15, 0.2) is 0 Å². The number of aromatic amines is 1. The molecule has 176 valence electrons. The molecule has 4 atom stereocenters. The lowest BCUT2D eigenvalue weighted by Gasteiger charge is -2.34. The van der Waals surface area contributed by atoms with Crippen LogP contribution in [0.2, 0.25) is 0 Å². The molecule has 8 heteroatoms. The highest BCUT2D eigenvalue weighted by Crippen LogP contribution is 2.45. The first-order valence-corrected chi connectivity index (χ1v) is 12.0. The van der Waals surface area contributed by atoms with Gasteiger partial charge in [-0.2, -0.15) is 0 Å². The molecule has 2 aromatic heterocycles. The summed E-state index contributed by atoms with van der Waals surface area (Å²) in [5.74, 6) is 0.780. The number of fused-ring (bicyclic) bond motifs is 1. The second-order valence-corrected chi connectivity index (χ2v) is 9.67. The van der Waals surface area contributed by atoms with Gasteiger partial charge in [-0.1, -0.05) is 55.5 Å². The van der Waals surface area contributed by atoms with Crippen LogP contribution in [0.3, 0.4) is 0 Å². The Kier molecular flexibility index (Phi) is 6.13. The molecule has 0 radical (unpaired) electrons. The number of hydrogen-bond donors (Lipinski definition) is 2. The van der Waals surface area contributed by atoms with Crippen LogP contribution in [0.4, 0.5) is 0 Å². The highest BCUT2D eigenvalue weighted by molar-refractivity contribution is 5.90. The normalized spacial score (nSPS) is 22.2. The zero-order chi connectivity index (χ0) is 23.7. The molecule has 0 unspecified atom stereocenters. The number of carbonyl (C=O) groups is 2. The van der Waals surface area contributed by atoms with E-state index in [0.29, 0.717) is 24.1 Å². The van der Waals surface area contributed by atoms with Crippen LogP contribution in [0.5, 0.6) is 0 Å². The maximum absolute atomic E-state index is 13.7. The van der Waals surface area contributed by atoms with E-state index >= 15 is 0 Å². The van der Waals surface area contributed by atoms with E-state index in [0.717, 1.165) is 29.7 Å². The summed E-state index contributed by atoms with van der Waals surface area (Å²) in [5, 5.41) is 13.4. The van der Waals surface area contributed by atoms with Gasteiger partial charge in [0.25, 0.3) is 0 Å². The van der Waals surface area contributed by atoms with Crippen LogP contribution in [-0.4, -0.2) is 49.7 Å². The number of amides is 2. The Balaban J connectivity index is 1.40. The van der Waals surface area contributed by atoms with Crippen molar-refractivity contribution in [2.45, 2.75) is 51.1 Å². The molecule has 1 saturated heterocycles. The molecule has 3 heterocycles. The highest BCUT2D eigenvalue weighted by atomic mass is 16.2. The van der Waals surface area contributed by atoms with Crippen molar-refractivity contribution in [1.82, 2.24) is 30.6 Å².